The zero-order valence-corrected chi connectivity index (χ0v) is 15.4. The lowest BCUT2D eigenvalue weighted by atomic mass is 10.0. The first-order valence-electron chi connectivity index (χ1n) is 7.89. The summed E-state index contributed by atoms with van der Waals surface area (Å²) in [5, 5.41) is 3.78. The van der Waals surface area contributed by atoms with Crippen molar-refractivity contribution in [3.05, 3.63) is 11.4 Å². The Morgan fingerprint density at radius 1 is 1.43 bits per heavy atom. The third-order valence-electron chi connectivity index (χ3n) is 4.54. The Morgan fingerprint density at radius 2 is 2.13 bits per heavy atom. The Morgan fingerprint density at radius 3 is 2.70 bits per heavy atom. The van der Waals surface area contributed by atoms with Crippen LogP contribution in [0.1, 0.15) is 43.6 Å². The average molecular weight is 358 g/mol. The van der Waals surface area contributed by atoms with E-state index in [0.717, 1.165) is 10.9 Å². The van der Waals surface area contributed by atoms with Crippen LogP contribution < -0.4 is 5.32 Å². The lowest BCUT2D eigenvalue weighted by molar-refractivity contribution is -0.120. The van der Waals surface area contributed by atoms with Crippen molar-refractivity contribution >= 4 is 27.5 Å². The molecular formula is C15H23N3O3S2. The first-order chi connectivity index (χ1) is 10.7. The number of aryl methyl sites for hydroxylation is 1. The molecule has 0 bridgehead atoms. The average Bonchev–Trinajstić information content (AvgIpc) is 3.17. The Kier molecular flexibility index (Phi) is 4.25. The number of rotatable bonds is 5. The third-order valence-corrected chi connectivity index (χ3v) is 7.40. The number of sulfone groups is 1. The smallest absolute Gasteiger partial charge is 0.230 e. The fraction of sp³-hybridized carbons (Fsp3) is 0.733. The highest BCUT2D eigenvalue weighted by atomic mass is 32.2. The van der Waals surface area contributed by atoms with E-state index in [4.69, 9.17) is 0 Å². The minimum atomic E-state index is -3.02. The first-order valence-corrected chi connectivity index (χ1v) is 10.7. The minimum absolute atomic E-state index is 0.0331. The number of aromatic nitrogens is 2. The summed E-state index contributed by atoms with van der Waals surface area (Å²) in [5.74, 6) is 0.320. The molecule has 2 fully saturated rings. The van der Waals surface area contributed by atoms with Crippen molar-refractivity contribution in [2.45, 2.75) is 56.8 Å². The second-order valence-corrected chi connectivity index (χ2v) is 10.0. The normalized spacial score (nSPS) is 26.4. The SMILES string of the molecule is Cc1nc(SCC(=O)NC2(C)CCS(=O)(=O)C2)n(C2CC2)c1C. The van der Waals surface area contributed by atoms with Gasteiger partial charge in [0.15, 0.2) is 15.0 Å². The van der Waals surface area contributed by atoms with Crippen molar-refractivity contribution in [2.75, 3.05) is 17.3 Å². The zero-order chi connectivity index (χ0) is 16.8. The fourth-order valence-corrected chi connectivity index (χ4v) is 6.12. The van der Waals surface area contributed by atoms with Crippen molar-refractivity contribution in [3.8, 4) is 0 Å². The predicted octanol–water partition coefficient (Wildman–Crippen LogP) is 1.62. The molecule has 8 heteroatoms. The van der Waals surface area contributed by atoms with E-state index in [0.29, 0.717) is 12.5 Å². The lowest BCUT2D eigenvalue weighted by Crippen LogP contribution is -2.47. The molecule has 1 aromatic heterocycles. The highest BCUT2D eigenvalue weighted by Gasteiger charge is 2.39. The Bertz CT molecular complexity index is 737. The molecule has 23 heavy (non-hydrogen) atoms. The molecule has 1 aliphatic carbocycles. The number of carbonyl (C=O) groups is 1. The molecule has 6 nitrogen and oxygen atoms in total. The lowest BCUT2D eigenvalue weighted by Gasteiger charge is -2.23. The van der Waals surface area contributed by atoms with Crippen LogP contribution in [0.4, 0.5) is 0 Å². The van der Waals surface area contributed by atoms with Gasteiger partial charge in [0, 0.05) is 11.7 Å². The van der Waals surface area contributed by atoms with Crippen molar-refractivity contribution in [1.82, 2.24) is 14.9 Å². The zero-order valence-electron chi connectivity index (χ0n) is 13.8. The van der Waals surface area contributed by atoms with Crippen LogP contribution in [0.2, 0.25) is 0 Å². The van der Waals surface area contributed by atoms with E-state index < -0.39 is 15.4 Å². The molecule has 3 rings (SSSR count). The number of imidazole rings is 1. The molecule has 2 aliphatic rings. The first kappa shape index (κ1) is 16.8. The summed E-state index contributed by atoms with van der Waals surface area (Å²) in [4.78, 5) is 16.8. The fourth-order valence-electron chi connectivity index (χ4n) is 3.07. The van der Waals surface area contributed by atoms with Crippen LogP contribution in [0.15, 0.2) is 5.16 Å². The predicted molar refractivity (Wildman–Crippen MR) is 90.5 cm³/mol. The quantitative estimate of drug-likeness (QED) is 0.810. The van der Waals surface area contributed by atoms with Gasteiger partial charge in [-0.15, -0.1) is 0 Å². The summed E-state index contributed by atoms with van der Waals surface area (Å²) < 4.78 is 25.4. The van der Waals surface area contributed by atoms with E-state index in [1.165, 1.54) is 30.3 Å². The number of nitrogens with one attached hydrogen (secondary N) is 1. The summed E-state index contributed by atoms with van der Waals surface area (Å²) in [6.07, 6.45) is 2.83. The molecule has 0 spiro atoms. The number of thioether (sulfide) groups is 1. The molecule has 1 saturated carbocycles. The molecule has 1 aliphatic heterocycles. The monoisotopic (exact) mass is 357 g/mol. The third kappa shape index (κ3) is 3.74. The van der Waals surface area contributed by atoms with Gasteiger partial charge in [0.25, 0.3) is 0 Å². The number of hydrogen-bond acceptors (Lipinski definition) is 5. The molecule has 128 valence electrons. The molecule has 1 N–H and O–H groups in total. The van der Waals surface area contributed by atoms with Gasteiger partial charge in [0.2, 0.25) is 5.91 Å². The standard InChI is InChI=1S/C15H23N3O3S2/c1-10-11(2)18(12-4-5-12)14(16-10)22-8-13(19)17-15(3)6-7-23(20,21)9-15/h12H,4-9H2,1-3H3,(H,17,19). The van der Waals surface area contributed by atoms with Crippen molar-refractivity contribution in [1.29, 1.82) is 0 Å². The number of amides is 1. The number of hydrogen-bond donors (Lipinski definition) is 1. The molecular weight excluding hydrogens is 334 g/mol. The van der Waals surface area contributed by atoms with Gasteiger partial charge in [-0.25, -0.2) is 13.4 Å². The van der Waals surface area contributed by atoms with E-state index in [1.54, 1.807) is 6.92 Å². The van der Waals surface area contributed by atoms with Crippen LogP contribution in [0, 0.1) is 13.8 Å². The summed E-state index contributed by atoms with van der Waals surface area (Å²) in [6.45, 7) is 5.86. The molecule has 1 aromatic rings. The van der Waals surface area contributed by atoms with Crippen molar-refractivity contribution in [2.24, 2.45) is 0 Å². The second-order valence-electron chi connectivity index (χ2n) is 6.91. The minimum Gasteiger partial charge on any atom is -0.349 e. The Hall–Kier alpha value is -1.02. The summed E-state index contributed by atoms with van der Waals surface area (Å²) >= 11 is 1.43. The van der Waals surface area contributed by atoms with Crippen LogP contribution in [-0.4, -0.2) is 46.7 Å². The van der Waals surface area contributed by atoms with E-state index >= 15 is 0 Å². The molecule has 1 atom stereocenters. The van der Waals surface area contributed by atoms with Crippen LogP contribution in [0.5, 0.6) is 0 Å². The highest BCUT2D eigenvalue weighted by molar-refractivity contribution is 7.99. The van der Waals surface area contributed by atoms with Crippen LogP contribution >= 0.6 is 11.8 Å². The maximum absolute atomic E-state index is 12.2. The van der Waals surface area contributed by atoms with E-state index in [2.05, 4.69) is 21.8 Å². The molecule has 1 saturated heterocycles. The molecule has 0 radical (unpaired) electrons. The molecule has 0 aromatic carbocycles. The van der Waals surface area contributed by atoms with Gasteiger partial charge in [-0.05, 0) is 40.0 Å². The van der Waals surface area contributed by atoms with E-state index in [1.807, 2.05) is 6.92 Å². The maximum atomic E-state index is 12.2. The Labute approximate surface area is 141 Å². The summed E-state index contributed by atoms with van der Waals surface area (Å²) in [5.41, 5.74) is 1.55. The van der Waals surface area contributed by atoms with E-state index in [-0.39, 0.29) is 23.2 Å². The maximum Gasteiger partial charge on any atom is 0.230 e. The molecule has 1 amide bonds. The van der Waals surface area contributed by atoms with Gasteiger partial charge < -0.3 is 9.88 Å². The van der Waals surface area contributed by atoms with Crippen LogP contribution in [-0.2, 0) is 14.6 Å². The largest absolute Gasteiger partial charge is 0.349 e. The van der Waals surface area contributed by atoms with Gasteiger partial charge in [-0.2, -0.15) is 0 Å². The van der Waals surface area contributed by atoms with Gasteiger partial charge >= 0.3 is 0 Å². The molecule has 2 heterocycles. The number of nitrogens with zero attached hydrogens (tertiary/aromatic N) is 2. The van der Waals surface area contributed by atoms with Crippen molar-refractivity contribution in [3.63, 3.8) is 0 Å². The van der Waals surface area contributed by atoms with Gasteiger partial charge in [-0.1, -0.05) is 11.8 Å². The van der Waals surface area contributed by atoms with Gasteiger partial charge in [-0.3, -0.25) is 4.79 Å². The van der Waals surface area contributed by atoms with Crippen molar-refractivity contribution < 1.29 is 13.2 Å². The second kappa shape index (κ2) is 5.81. The van der Waals surface area contributed by atoms with E-state index in [9.17, 15) is 13.2 Å². The topological polar surface area (TPSA) is 81.1 Å². The van der Waals surface area contributed by atoms with Gasteiger partial charge in [0.1, 0.15) is 0 Å². The van der Waals surface area contributed by atoms with Gasteiger partial charge in [0.05, 0.1) is 28.5 Å². The Balaban J connectivity index is 1.61. The van der Waals surface area contributed by atoms with Crippen LogP contribution in [0.3, 0.4) is 0 Å². The summed E-state index contributed by atoms with van der Waals surface area (Å²) in [6, 6.07) is 0.527. The molecule has 1 unspecified atom stereocenters. The number of carbonyl (C=O) groups excluding carboxylic acids is 1. The van der Waals surface area contributed by atoms with Crippen LogP contribution in [0.25, 0.3) is 0 Å². The summed E-state index contributed by atoms with van der Waals surface area (Å²) in [7, 11) is -3.02. The highest BCUT2D eigenvalue weighted by Crippen LogP contribution is 2.39.